The van der Waals surface area contributed by atoms with E-state index in [0.29, 0.717) is 5.41 Å². The molecule has 1 aliphatic carbocycles. The molecule has 3 rings (SSSR count). The standard InChI is InChI=1S/C20H33N5.HI/c1-21-19(22-11-14-25-13-6-12-24(2)15-16-25)23-17-20(9-10-20)18-7-4-3-5-8-18;/h3-5,7-8H,6,9-17H2,1-2H3,(H2,21,22,23);1H. The third kappa shape index (κ3) is 6.09. The van der Waals surface area contributed by atoms with Gasteiger partial charge >= 0.3 is 0 Å². The minimum Gasteiger partial charge on any atom is -0.356 e. The summed E-state index contributed by atoms with van der Waals surface area (Å²) in [5, 5.41) is 7.02. The van der Waals surface area contributed by atoms with Crippen LogP contribution in [0, 0.1) is 0 Å². The molecule has 26 heavy (non-hydrogen) atoms. The second-order valence-corrected chi connectivity index (χ2v) is 7.50. The normalized spacial score (nSPS) is 20.8. The quantitative estimate of drug-likeness (QED) is 0.379. The summed E-state index contributed by atoms with van der Waals surface area (Å²) in [7, 11) is 4.08. The van der Waals surface area contributed by atoms with Crippen molar-refractivity contribution in [2.24, 2.45) is 4.99 Å². The van der Waals surface area contributed by atoms with Gasteiger partial charge in [-0.05, 0) is 45.0 Å². The molecule has 0 unspecified atom stereocenters. The lowest BCUT2D eigenvalue weighted by molar-refractivity contribution is 0.280. The molecule has 1 aliphatic heterocycles. The van der Waals surface area contributed by atoms with Crippen LogP contribution in [0.3, 0.4) is 0 Å². The zero-order chi connectivity index (χ0) is 17.5. The van der Waals surface area contributed by atoms with E-state index in [1.807, 2.05) is 7.05 Å². The van der Waals surface area contributed by atoms with Crippen LogP contribution in [0.1, 0.15) is 24.8 Å². The van der Waals surface area contributed by atoms with Crippen molar-refractivity contribution >= 4 is 29.9 Å². The smallest absolute Gasteiger partial charge is 0.191 e. The minimum absolute atomic E-state index is 0. The summed E-state index contributed by atoms with van der Waals surface area (Å²) < 4.78 is 0. The van der Waals surface area contributed by atoms with Gasteiger partial charge in [-0.25, -0.2) is 0 Å². The Hall–Kier alpha value is -0.860. The number of aliphatic imine (C=N–C) groups is 1. The van der Waals surface area contributed by atoms with Crippen molar-refractivity contribution in [3.8, 4) is 0 Å². The number of halogens is 1. The molecular weight excluding hydrogens is 437 g/mol. The molecule has 5 nitrogen and oxygen atoms in total. The summed E-state index contributed by atoms with van der Waals surface area (Å²) in [4.78, 5) is 9.37. The Labute approximate surface area is 175 Å². The molecule has 0 atom stereocenters. The highest BCUT2D eigenvalue weighted by molar-refractivity contribution is 14.0. The van der Waals surface area contributed by atoms with Crippen LogP contribution < -0.4 is 10.6 Å². The Morgan fingerprint density at radius 1 is 1.08 bits per heavy atom. The van der Waals surface area contributed by atoms with Crippen LogP contribution in [0.15, 0.2) is 35.3 Å². The maximum atomic E-state index is 4.39. The van der Waals surface area contributed by atoms with Gasteiger partial charge in [0.2, 0.25) is 0 Å². The first-order chi connectivity index (χ1) is 12.2. The number of guanidine groups is 1. The van der Waals surface area contributed by atoms with Gasteiger partial charge in [-0.2, -0.15) is 0 Å². The van der Waals surface area contributed by atoms with Gasteiger partial charge in [0, 0.05) is 45.2 Å². The predicted octanol–water partition coefficient (Wildman–Crippen LogP) is 2.14. The number of hydrogen-bond donors (Lipinski definition) is 2. The van der Waals surface area contributed by atoms with E-state index in [-0.39, 0.29) is 24.0 Å². The molecule has 1 aromatic rings. The predicted molar refractivity (Wildman–Crippen MR) is 121 cm³/mol. The SMILES string of the molecule is CN=C(NCCN1CCCN(C)CC1)NCC1(c2ccccc2)CC1.I. The Morgan fingerprint density at radius 3 is 2.54 bits per heavy atom. The molecule has 146 valence electrons. The van der Waals surface area contributed by atoms with E-state index in [1.165, 1.54) is 51.0 Å². The first kappa shape index (κ1) is 21.4. The van der Waals surface area contributed by atoms with Crippen molar-refractivity contribution in [2.45, 2.75) is 24.7 Å². The van der Waals surface area contributed by atoms with Crippen molar-refractivity contribution in [3.63, 3.8) is 0 Å². The maximum absolute atomic E-state index is 4.39. The second-order valence-electron chi connectivity index (χ2n) is 7.50. The molecule has 0 aromatic heterocycles. The summed E-state index contributed by atoms with van der Waals surface area (Å²) in [6.07, 6.45) is 3.80. The van der Waals surface area contributed by atoms with Crippen molar-refractivity contribution in [2.75, 3.05) is 59.9 Å². The Balaban J connectivity index is 0.00000243. The van der Waals surface area contributed by atoms with Crippen LogP contribution >= 0.6 is 24.0 Å². The molecule has 2 aliphatic rings. The van der Waals surface area contributed by atoms with Crippen molar-refractivity contribution < 1.29 is 0 Å². The Kier molecular flexibility index (Phi) is 8.63. The topological polar surface area (TPSA) is 42.9 Å². The molecule has 0 bridgehead atoms. The molecule has 0 amide bonds. The first-order valence-corrected chi connectivity index (χ1v) is 9.63. The van der Waals surface area contributed by atoms with Crippen LogP contribution in [0.2, 0.25) is 0 Å². The first-order valence-electron chi connectivity index (χ1n) is 9.63. The van der Waals surface area contributed by atoms with Gasteiger partial charge in [0.05, 0.1) is 0 Å². The lowest BCUT2D eigenvalue weighted by Gasteiger charge is -2.22. The number of likely N-dealkylation sites (N-methyl/N-ethyl adjacent to an activating group) is 1. The van der Waals surface area contributed by atoms with Crippen LogP contribution in [0.4, 0.5) is 0 Å². The van der Waals surface area contributed by atoms with E-state index in [0.717, 1.165) is 25.6 Å². The fourth-order valence-electron chi connectivity index (χ4n) is 3.64. The third-order valence-electron chi connectivity index (χ3n) is 5.59. The van der Waals surface area contributed by atoms with Crippen molar-refractivity contribution in [1.82, 2.24) is 20.4 Å². The Bertz CT molecular complexity index is 559. The highest BCUT2D eigenvalue weighted by atomic mass is 127. The molecular formula is C20H34IN5. The number of nitrogens with one attached hydrogen (secondary N) is 2. The van der Waals surface area contributed by atoms with E-state index in [4.69, 9.17) is 0 Å². The summed E-state index contributed by atoms with van der Waals surface area (Å²) in [5.74, 6) is 0.925. The zero-order valence-electron chi connectivity index (χ0n) is 16.2. The van der Waals surface area contributed by atoms with Crippen LogP contribution in [-0.2, 0) is 5.41 Å². The minimum atomic E-state index is 0. The van der Waals surface area contributed by atoms with Gasteiger partial charge in [-0.15, -0.1) is 24.0 Å². The van der Waals surface area contributed by atoms with E-state index in [9.17, 15) is 0 Å². The Morgan fingerprint density at radius 2 is 1.85 bits per heavy atom. The summed E-state index contributed by atoms with van der Waals surface area (Å²) in [5.41, 5.74) is 1.76. The van der Waals surface area contributed by atoms with Gasteiger partial charge < -0.3 is 20.4 Å². The van der Waals surface area contributed by atoms with Gasteiger partial charge in [-0.3, -0.25) is 4.99 Å². The van der Waals surface area contributed by atoms with Crippen LogP contribution in [0.5, 0.6) is 0 Å². The number of benzene rings is 1. The molecule has 0 radical (unpaired) electrons. The molecule has 1 saturated carbocycles. The third-order valence-corrected chi connectivity index (χ3v) is 5.59. The fraction of sp³-hybridized carbons (Fsp3) is 0.650. The van der Waals surface area contributed by atoms with Gasteiger partial charge in [0.15, 0.2) is 5.96 Å². The zero-order valence-corrected chi connectivity index (χ0v) is 18.5. The highest BCUT2D eigenvalue weighted by Crippen LogP contribution is 2.47. The van der Waals surface area contributed by atoms with Gasteiger partial charge in [0.1, 0.15) is 0 Å². The van der Waals surface area contributed by atoms with Crippen LogP contribution in [0.25, 0.3) is 0 Å². The van der Waals surface area contributed by atoms with Gasteiger partial charge in [-0.1, -0.05) is 30.3 Å². The van der Waals surface area contributed by atoms with Crippen molar-refractivity contribution in [3.05, 3.63) is 35.9 Å². The molecule has 1 aromatic carbocycles. The van der Waals surface area contributed by atoms with E-state index in [2.05, 4.69) is 62.8 Å². The summed E-state index contributed by atoms with van der Waals surface area (Å²) in [6.45, 7) is 7.75. The molecule has 6 heteroatoms. The lowest BCUT2D eigenvalue weighted by atomic mass is 9.96. The highest BCUT2D eigenvalue weighted by Gasteiger charge is 2.43. The van der Waals surface area contributed by atoms with E-state index >= 15 is 0 Å². The lowest BCUT2D eigenvalue weighted by Crippen LogP contribution is -2.44. The summed E-state index contributed by atoms with van der Waals surface area (Å²) >= 11 is 0. The largest absolute Gasteiger partial charge is 0.356 e. The molecule has 1 saturated heterocycles. The van der Waals surface area contributed by atoms with Crippen LogP contribution in [-0.4, -0.2) is 75.7 Å². The number of rotatable bonds is 6. The van der Waals surface area contributed by atoms with Gasteiger partial charge in [0.25, 0.3) is 0 Å². The molecule has 0 spiro atoms. The summed E-state index contributed by atoms with van der Waals surface area (Å²) in [6, 6.07) is 10.9. The van der Waals surface area contributed by atoms with Crippen molar-refractivity contribution in [1.29, 1.82) is 0 Å². The average Bonchev–Trinajstić information content (AvgIpc) is 3.45. The number of nitrogens with zero attached hydrogens (tertiary/aromatic N) is 3. The average molecular weight is 471 g/mol. The van der Waals surface area contributed by atoms with E-state index in [1.54, 1.807) is 0 Å². The monoisotopic (exact) mass is 471 g/mol. The molecule has 2 fully saturated rings. The molecule has 1 heterocycles. The maximum Gasteiger partial charge on any atom is 0.191 e. The fourth-order valence-corrected chi connectivity index (χ4v) is 3.64. The number of hydrogen-bond acceptors (Lipinski definition) is 3. The van der Waals surface area contributed by atoms with E-state index < -0.39 is 0 Å². The second kappa shape index (κ2) is 10.5. The molecule has 2 N–H and O–H groups in total.